The summed E-state index contributed by atoms with van der Waals surface area (Å²) in [6.45, 7) is 9.12. The van der Waals surface area contributed by atoms with Crippen LogP contribution < -0.4 is 0 Å². The average Bonchev–Trinajstić information content (AvgIpc) is 2.53. The molecule has 0 fully saturated rings. The lowest BCUT2D eigenvalue weighted by molar-refractivity contribution is 0.529. The molecule has 1 heterocycles. The fourth-order valence-electron chi connectivity index (χ4n) is 1.86. The molecule has 0 atom stereocenters. The summed E-state index contributed by atoms with van der Waals surface area (Å²) in [5.41, 5.74) is 1.76. The molecule has 1 aromatic heterocycles. The molecule has 1 nitrogen and oxygen atoms in total. The molecule has 0 radical (unpaired) electrons. The van der Waals surface area contributed by atoms with Gasteiger partial charge in [0.15, 0.2) is 0 Å². The second-order valence-corrected chi connectivity index (χ2v) is 5.90. The Kier molecular flexibility index (Phi) is 1.99. The molecule has 1 aromatic rings. The van der Waals surface area contributed by atoms with Crippen LogP contribution in [0.25, 0.3) is 0 Å². The Morgan fingerprint density at radius 3 is 2.62 bits per heavy atom. The smallest absolute Gasteiger partial charge is 0.0956 e. The predicted octanol–water partition coefficient (Wildman–Crippen LogP) is 3.49. The summed E-state index contributed by atoms with van der Waals surface area (Å²) in [7, 11) is 0. The van der Waals surface area contributed by atoms with Gasteiger partial charge >= 0.3 is 0 Å². The Bertz CT molecular complexity index is 323. The highest BCUT2D eigenvalue weighted by Crippen LogP contribution is 2.42. The lowest BCUT2D eigenvalue weighted by atomic mass is 9.93. The quantitative estimate of drug-likeness (QED) is 0.668. The first-order chi connectivity index (χ1) is 6.00. The Labute approximate surface area is 84.2 Å². The Morgan fingerprint density at radius 2 is 2.08 bits per heavy atom. The number of hydrogen-bond donors (Lipinski definition) is 0. The van der Waals surface area contributed by atoms with Gasteiger partial charge in [0, 0.05) is 16.2 Å². The topological polar surface area (TPSA) is 12.9 Å². The van der Waals surface area contributed by atoms with Gasteiger partial charge in [-0.15, -0.1) is 11.3 Å². The maximum atomic E-state index is 4.70. The van der Waals surface area contributed by atoms with E-state index >= 15 is 0 Å². The molecule has 0 aliphatic heterocycles. The number of nitrogens with zero attached hydrogens (tertiary/aromatic N) is 1. The van der Waals surface area contributed by atoms with Crippen molar-refractivity contribution < 1.29 is 0 Å². The first kappa shape index (κ1) is 9.20. The third-order valence-electron chi connectivity index (χ3n) is 2.81. The van der Waals surface area contributed by atoms with Crippen molar-refractivity contribution in [1.82, 2.24) is 4.98 Å². The van der Waals surface area contributed by atoms with Crippen LogP contribution in [0.15, 0.2) is 0 Å². The molecule has 0 bridgehead atoms. The zero-order valence-electron chi connectivity index (χ0n) is 8.85. The van der Waals surface area contributed by atoms with E-state index in [1.165, 1.54) is 28.4 Å². The van der Waals surface area contributed by atoms with Crippen LogP contribution in [0, 0.1) is 0 Å². The maximum absolute atomic E-state index is 4.70. The number of fused-ring (bicyclic) bond motifs is 1. The van der Waals surface area contributed by atoms with Crippen LogP contribution in [-0.2, 0) is 11.8 Å². The maximum Gasteiger partial charge on any atom is 0.0956 e. The van der Waals surface area contributed by atoms with E-state index < -0.39 is 0 Å². The van der Waals surface area contributed by atoms with Gasteiger partial charge in [-0.2, -0.15) is 0 Å². The largest absolute Gasteiger partial charge is 0.246 e. The van der Waals surface area contributed by atoms with Crippen molar-refractivity contribution in [3.05, 3.63) is 15.6 Å². The van der Waals surface area contributed by atoms with Crippen LogP contribution >= 0.6 is 11.3 Å². The number of rotatable bonds is 1. The van der Waals surface area contributed by atoms with Crippen molar-refractivity contribution in [3.8, 4) is 0 Å². The third kappa shape index (κ3) is 1.41. The lowest BCUT2D eigenvalue weighted by Gasteiger charge is -2.15. The second kappa shape index (κ2) is 2.81. The van der Waals surface area contributed by atoms with Gasteiger partial charge in [-0.05, 0) is 12.8 Å². The summed E-state index contributed by atoms with van der Waals surface area (Å²) < 4.78 is 0. The highest BCUT2D eigenvalue weighted by Gasteiger charge is 2.33. The highest BCUT2D eigenvalue weighted by molar-refractivity contribution is 7.12. The predicted molar refractivity (Wildman–Crippen MR) is 57.6 cm³/mol. The van der Waals surface area contributed by atoms with Crippen molar-refractivity contribution >= 4 is 11.3 Å². The Morgan fingerprint density at radius 1 is 1.38 bits per heavy atom. The van der Waals surface area contributed by atoms with Crippen molar-refractivity contribution in [2.24, 2.45) is 0 Å². The first-order valence-electron chi connectivity index (χ1n) is 5.01. The molecular formula is C11H17NS. The van der Waals surface area contributed by atoms with Crippen LogP contribution in [0.2, 0.25) is 0 Å². The van der Waals surface area contributed by atoms with Crippen molar-refractivity contribution in [2.45, 2.75) is 51.9 Å². The van der Waals surface area contributed by atoms with E-state index in [4.69, 9.17) is 4.98 Å². The minimum atomic E-state index is 0.389. The van der Waals surface area contributed by atoms with E-state index in [1.54, 1.807) is 0 Å². The van der Waals surface area contributed by atoms with E-state index in [0.717, 1.165) is 0 Å². The normalized spacial score (nSPS) is 19.5. The van der Waals surface area contributed by atoms with Gasteiger partial charge in [0.2, 0.25) is 0 Å². The van der Waals surface area contributed by atoms with E-state index in [0.29, 0.717) is 11.3 Å². The van der Waals surface area contributed by atoms with Gasteiger partial charge in [0.25, 0.3) is 0 Å². The molecule has 1 aliphatic rings. The number of aryl methyl sites for hydroxylation is 1. The summed E-state index contributed by atoms with van der Waals surface area (Å²) in [6, 6.07) is 0. The van der Waals surface area contributed by atoms with E-state index in [2.05, 4.69) is 27.7 Å². The van der Waals surface area contributed by atoms with Crippen molar-refractivity contribution in [1.29, 1.82) is 0 Å². The summed E-state index contributed by atoms with van der Waals surface area (Å²) >= 11 is 1.93. The SMILES string of the molecule is CC(C)c1nc2c(s1)C(C)(C)CC2. The van der Waals surface area contributed by atoms with Crippen molar-refractivity contribution in [2.75, 3.05) is 0 Å². The van der Waals surface area contributed by atoms with Crippen LogP contribution in [0.5, 0.6) is 0 Å². The monoisotopic (exact) mass is 195 g/mol. The number of thiazole rings is 1. The molecule has 72 valence electrons. The molecular weight excluding hydrogens is 178 g/mol. The molecule has 13 heavy (non-hydrogen) atoms. The zero-order chi connectivity index (χ0) is 9.64. The van der Waals surface area contributed by atoms with Gasteiger partial charge < -0.3 is 0 Å². The molecule has 0 N–H and O–H groups in total. The molecule has 0 amide bonds. The Balaban J connectivity index is 2.42. The van der Waals surface area contributed by atoms with Gasteiger partial charge in [-0.25, -0.2) is 4.98 Å². The fraction of sp³-hybridized carbons (Fsp3) is 0.727. The standard InChI is InChI=1S/C11H17NS/c1-7(2)10-12-8-5-6-11(3,4)9(8)13-10/h7H,5-6H2,1-4H3. The van der Waals surface area contributed by atoms with Crippen LogP contribution in [0.3, 0.4) is 0 Å². The van der Waals surface area contributed by atoms with Gasteiger partial charge in [-0.1, -0.05) is 27.7 Å². The van der Waals surface area contributed by atoms with Crippen LogP contribution in [0.4, 0.5) is 0 Å². The molecule has 2 heteroatoms. The third-order valence-corrected chi connectivity index (χ3v) is 4.57. The molecule has 0 saturated heterocycles. The van der Waals surface area contributed by atoms with E-state index in [9.17, 15) is 0 Å². The summed E-state index contributed by atoms with van der Waals surface area (Å²) in [5, 5.41) is 1.32. The number of hydrogen-bond acceptors (Lipinski definition) is 2. The lowest BCUT2D eigenvalue weighted by Crippen LogP contribution is -2.09. The Hall–Kier alpha value is -0.370. The van der Waals surface area contributed by atoms with Gasteiger partial charge in [0.05, 0.1) is 10.7 Å². The molecule has 0 aromatic carbocycles. The summed E-state index contributed by atoms with van der Waals surface area (Å²) in [4.78, 5) is 6.24. The minimum absolute atomic E-state index is 0.389. The molecule has 1 aliphatic carbocycles. The van der Waals surface area contributed by atoms with Crippen LogP contribution in [-0.4, -0.2) is 4.98 Å². The van der Waals surface area contributed by atoms with Crippen molar-refractivity contribution in [3.63, 3.8) is 0 Å². The molecule has 0 unspecified atom stereocenters. The summed E-state index contributed by atoms with van der Waals surface area (Å²) in [5.74, 6) is 0.589. The van der Waals surface area contributed by atoms with Gasteiger partial charge in [0.1, 0.15) is 0 Å². The first-order valence-corrected chi connectivity index (χ1v) is 5.82. The van der Waals surface area contributed by atoms with E-state index in [1.807, 2.05) is 11.3 Å². The second-order valence-electron chi connectivity index (χ2n) is 4.87. The van der Waals surface area contributed by atoms with Gasteiger partial charge in [-0.3, -0.25) is 0 Å². The zero-order valence-corrected chi connectivity index (χ0v) is 9.66. The number of aromatic nitrogens is 1. The summed E-state index contributed by atoms with van der Waals surface area (Å²) in [6.07, 6.45) is 2.46. The molecule has 2 rings (SSSR count). The van der Waals surface area contributed by atoms with Crippen LogP contribution in [0.1, 0.15) is 55.6 Å². The molecule has 0 spiro atoms. The molecule has 0 saturated carbocycles. The minimum Gasteiger partial charge on any atom is -0.246 e. The highest BCUT2D eigenvalue weighted by atomic mass is 32.1. The average molecular weight is 195 g/mol. The van der Waals surface area contributed by atoms with E-state index in [-0.39, 0.29) is 0 Å². The fourth-order valence-corrected chi connectivity index (χ4v) is 3.10.